The van der Waals surface area contributed by atoms with Crippen LogP contribution in [-0.2, 0) is 0 Å². The van der Waals surface area contributed by atoms with Gasteiger partial charge >= 0.3 is 0 Å². The number of Topliss-reactive ketones (excluding diaryl/α,β-unsaturated/α-hetero) is 1. The standard InChI is InChI=1S/C14H15N3O2S/c1-3-15-11-7-5-4-6-10(11)13(19)17-14-16-12(8-20-14)9(2)18/h4-8,15H,3H2,1-2H3,(H,16,17,19). The lowest BCUT2D eigenvalue weighted by Crippen LogP contribution is -2.14. The van der Waals surface area contributed by atoms with Gasteiger partial charge in [-0.05, 0) is 19.1 Å². The van der Waals surface area contributed by atoms with Gasteiger partial charge in [0, 0.05) is 24.5 Å². The summed E-state index contributed by atoms with van der Waals surface area (Å²) >= 11 is 1.24. The SMILES string of the molecule is CCNc1ccccc1C(=O)Nc1nc(C(C)=O)cs1. The Hall–Kier alpha value is -2.21. The molecule has 0 unspecified atom stereocenters. The maximum atomic E-state index is 12.2. The van der Waals surface area contributed by atoms with Crippen LogP contribution < -0.4 is 10.6 Å². The third-order valence-electron chi connectivity index (χ3n) is 2.62. The number of benzene rings is 1. The monoisotopic (exact) mass is 289 g/mol. The zero-order chi connectivity index (χ0) is 14.5. The number of amides is 1. The first kappa shape index (κ1) is 14.2. The topological polar surface area (TPSA) is 71.1 Å². The van der Waals surface area contributed by atoms with Crippen molar-refractivity contribution in [3.8, 4) is 0 Å². The molecule has 5 nitrogen and oxygen atoms in total. The van der Waals surface area contributed by atoms with Gasteiger partial charge in [-0.1, -0.05) is 12.1 Å². The fraction of sp³-hybridized carbons (Fsp3) is 0.214. The van der Waals surface area contributed by atoms with Gasteiger partial charge in [0.2, 0.25) is 0 Å². The predicted octanol–water partition coefficient (Wildman–Crippen LogP) is 3.03. The molecule has 6 heteroatoms. The first-order valence-electron chi connectivity index (χ1n) is 6.22. The average Bonchev–Trinajstić information content (AvgIpc) is 2.88. The predicted molar refractivity (Wildman–Crippen MR) is 80.7 cm³/mol. The van der Waals surface area contributed by atoms with Crippen LogP contribution in [0.1, 0.15) is 34.7 Å². The summed E-state index contributed by atoms with van der Waals surface area (Å²) in [6.07, 6.45) is 0. The Bertz CT molecular complexity index is 637. The van der Waals surface area contributed by atoms with Gasteiger partial charge in [0.05, 0.1) is 5.56 Å². The summed E-state index contributed by atoms with van der Waals surface area (Å²) in [5.74, 6) is -0.360. The largest absolute Gasteiger partial charge is 0.385 e. The Morgan fingerprint density at radius 3 is 2.70 bits per heavy atom. The highest BCUT2D eigenvalue weighted by molar-refractivity contribution is 7.14. The van der Waals surface area contributed by atoms with Crippen LogP contribution in [0.4, 0.5) is 10.8 Å². The number of ketones is 1. The van der Waals surface area contributed by atoms with Gasteiger partial charge in [-0.25, -0.2) is 4.98 Å². The normalized spacial score (nSPS) is 10.1. The van der Waals surface area contributed by atoms with Crippen molar-refractivity contribution < 1.29 is 9.59 Å². The minimum absolute atomic E-state index is 0.116. The van der Waals surface area contributed by atoms with E-state index in [9.17, 15) is 9.59 Å². The minimum atomic E-state index is -0.244. The summed E-state index contributed by atoms with van der Waals surface area (Å²) in [7, 11) is 0. The van der Waals surface area contributed by atoms with E-state index < -0.39 is 0 Å². The Balaban J connectivity index is 2.17. The number of carbonyl (C=O) groups is 2. The molecule has 0 saturated carbocycles. The van der Waals surface area contributed by atoms with E-state index in [2.05, 4.69) is 15.6 Å². The highest BCUT2D eigenvalue weighted by atomic mass is 32.1. The molecule has 0 atom stereocenters. The molecular weight excluding hydrogens is 274 g/mol. The van der Waals surface area contributed by atoms with Gasteiger partial charge in [0.25, 0.3) is 5.91 Å². The Morgan fingerprint density at radius 2 is 2.05 bits per heavy atom. The number of anilines is 2. The van der Waals surface area contributed by atoms with Crippen LogP contribution in [0.15, 0.2) is 29.6 Å². The number of aromatic nitrogens is 1. The van der Waals surface area contributed by atoms with E-state index in [0.717, 1.165) is 12.2 Å². The zero-order valence-electron chi connectivity index (χ0n) is 11.3. The molecule has 2 N–H and O–H groups in total. The molecule has 2 aromatic rings. The highest BCUT2D eigenvalue weighted by Crippen LogP contribution is 2.20. The van der Waals surface area contributed by atoms with Gasteiger partial charge in [0.15, 0.2) is 10.9 Å². The third-order valence-corrected chi connectivity index (χ3v) is 3.38. The van der Waals surface area contributed by atoms with Gasteiger partial charge in [-0.3, -0.25) is 14.9 Å². The lowest BCUT2D eigenvalue weighted by Gasteiger charge is -2.09. The van der Waals surface area contributed by atoms with Crippen LogP contribution in [0.5, 0.6) is 0 Å². The van der Waals surface area contributed by atoms with Crippen molar-refractivity contribution in [3.63, 3.8) is 0 Å². The van der Waals surface area contributed by atoms with Crippen LogP contribution >= 0.6 is 11.3 Å². The minimum Gasteiger partial charge on any atom is -0.385 e. The first-order chi connectivity index (χ1) is 9.61. The average molecular weight is 289 g/mol. The molecule has 0 aliphatic carbocycles. The summed E-state index contributed by atoms with van der Waals surface area (Å²) in [6.45, 7) is 4.14. The van der Waals surface area contributed by atoms with Gasteiger partial charge in [0.1, 0.15) is 5.69 Å². The van der Waals surface area contributed by atoms with Crippen LogP contribution in [-0.4, -0.2) is 23.2 Å². The Labute approximate surface area is 121 Å². The van der Waals surface area contributed by atoms with Crippen molar-refractivity contribution in [2.75, 3.05) is 17.2 Å². The number of hydrogen-bond acceptors (Lipinski definition) is 5. The molecular formula is C14H15N3O2S. The van der Waals surface area contributed by atoms with Crippen LogP contribution in [0, 0.1) is 0 Å². The molecule has 0 saturated heterocycles. The van der Waals surface area contributed by atoms with E-state index in [4.69, 9.17) is 0 Å². The number of nitrogens with one attached hydrogen (secondary N) is 2. The lowest BCUT2D eigenvalue weighted by molar-refractivity contribution is 0.100. The second-order valence-corrected chi connectivity index (χ2v) is 4.98. The number of carbonyl (C=O) groups excluding carboxylic acids is 2. The van der Waals surface area contributed by atoms with E-state index in [1.54, 1.807) is 17.5 Å². The van der Waals surface area contributed by atoms with Crippen molar-refractivity contribution >= 4 is 33.8 Å². The maximum absolute atomic E-state index is 12.2. The fourth-order valence-electron chi connectivity index (χ4n) is 1.68. The molecule has 0 fully saturated rings. The molecule has 1 heterocycles. The molecule has 0 bridgehead atoms. The summed E-state index contributed by atoms with van der Waals surface area (Å²) < 4.78 is 0. The fourth-order valence-corrected chi connectivity index (χ4v) is 2.43. The van der Waals surface area contributed by atoms with E-state index in [-0.39, 0.29) is 11.7 Å². The zero-order valence-corrected chi connectivity index (χ0v) is 12.1. The quantitative estimate of drug-likeness (QED) is 0.830. The van der Waals surface area contributed by atoms with Gasteiger partial charge in [-0.2, -0.15) is 0 Å². The van der Waals surface area contributed by atoms with E-state index >= 15 is 0 Å². The van der Waals surface area contributed by atoms with Crippen molar-refractivity contribution in [2.24, 2.45) is 0 Å². The number of hydrogen-bond donors (Lipinski definition) is 2. The van der Waals surface area contributed by atoms with Crippen LogP contribution in [0.25, 0.3) is 0 Å². The van der Waals surface area contributed by atoms with E-state index in [0.29, 0.717) is 16.4 Å². The molecule has 20 heavy (non-hydrogen) atoms. The Kier molecular flexibility index (Phi) is 4.47. The molecule has 1 amide bonds. The van der Waals surface area contributed by atoms with Crippen molar-refractivity contribution in [1.29, 1.82) is 0 Å². The molecule has 1 aromatic heterocycles. The number of nitrogens with zero attached hydrogens (tertiary/aromatic N) is 1. The molecule has 0 radical (unpaired) electrons. The summed E-state index contributed by atoms with van der Waals surface area (Å²) in [4.78, 5) is 27.5. The van der Waals surface area contributed by atoms with E-state index in [1.165, 1.54) is 18.3 Å². The van der Waals surface area contributed by atoms with Crippen molar-refractivity contribution in [1.82, 2.24) is 4.98 Å². The molecule has 0 aliphatic heterocycles. The van der Waals surface area contributed by atoms with Crippen molar-refractivity contribution in [3.05, 3.63) is 40.9 Å². The first-order valence-corrected chi connectivity index (χ1v) is 7.10. The second-order valence-electron chi connectivity index (χ2n) is 4.12. The molecule has 1 aromatic carbocycles. The number of thiazole rings is 1. The molecule has 0 aliphatic rings. The van der Waals surface area contributed by atoms with Crippen LogP contribution in [0.2, 0.25) is 0 Å². The third kappa shape index (κ3) is 3.21. The number of para-hydroxylation sites is 1. The Morgan fingerprint density at radius 1 is 1.30 bits per heavy atom. The smallest absolute Gasteiger partial charge is 0.259 e. The van der Waals surface area contributed by atoms with Crippen molar-refractivity contribution in [2.45, 2.75) is 13.8 Å². The summed E-state index contributed by atoms with van der Waals surface area (Å²) in [5, 5.41) is 7.90. The van der Waals surface area contributed by atoms with Gasteiger partial charge < -0.3 is 5.32 Å². The molecule has 0 spiro atoms. The van der Waals surface area contributed by atoms with Crippen LogP contribution in [0.3, 0.4) is 0 Å². The lowest BCUT2D eigenvalue weighted by atomic mass is 10.1. The molecule has 2 rings (SSSR count). The summed E-state index contributed by atoms with van der Waals surface area (Å²) in [5.41, 5.74) is 1.69. The van der Waals surface area contributed by atoms with Gasteiger partial charge in [-0.15, -0.1) is 11.3 Å². The maximum Gasteiger partial charge on any atom is 0.259 e. The highest BCUT2D eigenvalue weighted by Gasteiger charge is 2.13. The summed E-state index contributed by atoms with van der Waals surface area (Å²) in [6, 6.07) is 7.26. The number of rotatable bonds is 5. The molecule has 104 valence electrons. The second kappa shape index (κ2) is 6.29. The van der Waals surface area contributed by atoms with E-state index in [1.807, 2.05) is 19.1 Å².